The number of alkyl carbamates (subject to hydrolysis) is 1. The molecule has 5 rings (SSSR count). The van der Waals surface area contributed by atoms with Crippen molar-refractivity contribution in [2.24, 2.45) is 5.41 Å². The van der Waals surface area contributed by atoms with E-state index in [-0.39, 0.29) is 42.5 Å². The van der Waals surface area contributed by atoms with Crippen molar-refractivity contribution in [3.05, 3.63) is 57.4 Å². The molecule has 252 valence electrons. The highest BCUT2D eigenvalue weighted by Crippen LogP contribution is 2.41. The van der Waals surface area contributed by atoms with Crippen molar-refractivity contribution in [1.29, 1.82) is 0 Å². The number of benzene rings is 1. The van der Waals surface area contributed by atoms with E-state index in [4.69, 9.17) is 19.2 Å². The number of rotatable bonds is 8. The summed E-state index contributed by atoms with van der Waals surface area (Å²) in [7, 11) is -2.04. The summed E-state index contributed by atoms with van der Waals surface area (Å²) in [4.78, 5) is 57.9. The number of ether oxygens (including phenoxy) is 3. The maximum absolute atomic E-state index is 14.2. The van der Waals surface area contributed by atoms with E-state index in [1.54, 1.807) is 38.3 Å². The number of cyclic esters (lactones) is 1. The van der Waals surface area contributed by atoms with E-state index >= 15 is 0 Å². The lowest BCUT2D eigenvalue weighted by molar-refractivity contribution is -0.189. The molecule has 2 aliphatic rings. The number of hydrogen-bond donors (Lipinski definition) is 1. The molecule has 4 heterocycles. The number of amides is 1. The lowest BCUT2D eigenvalue weighted by Crippen LogP contribution is -2.48. The Hall–Kier alpha value is -3.99. The molecule has 1 atom stereocenters. The molecule has 3 aromatic rings. The van der Waals surface area contributed by atoms with Crippen LogP contribution in [0.25, 0.3) is 22.3 Å². The second-order valence-electron chi connectivity index (χ2n) is 15.5. The van der Waals surface area contributed by atoms with E-state index in [0.717, 1.165) is 34.6 Å². The minimum absolute atomic E-state index is 0.0513. The molecule has 0 saturated carbocycles. The van der Waals surface area contributed by atoms with Crippen LogP contribution in [-0.2, 0) is 42.6 Å². The van der Waals surface area contributed by atoms with Crippen LogP contribution >= 0.6 is 0 Å². The topological polar surface area (TPSA) is 126 Å². The second kappa shape index (κ2) is 12.2. The van der Waals surface area contributed by atoms with Gasteiger partial charge in [0.05, 0.1) is 43.5 Å². The zero-order chi connectivity index (χ0) is 34.5. The van der Waals surface area contributed by atoms with Crippen LogP contribution in [0.1, 0.15) is 84.4 Å². The SMILES string of the molecule is CCC1(OC(=O)CCNC(=O)OC(C)(C)C)C(=O)OCc2c1cc1n(c2=O)Cc2c-1nc1ccccc1c2[Si](C)(C)CCC(C)(C)C. The fraction of sp³-hybridized carbons (Fsp3) is 0.528. The fourth-order valence-corrected chi connectivity index (χ4v) is 10.2. The first-order valence-electron chi connectivity index (χ1n) is 16.4. The molecule has 0 aliphatic carbocycles. The monoisotopic (exact) mass is 661 g/mol. The third kappa shape index (κ3) is 6.72. The molecule has 2 aliphatic heterocycles. The molecular formula is C36H47N3O7Si. The average molecular weight is 662 g/mol. The predicted octanol–water partition coefficient (Wildman–Crippen LogP) is 5.90. The minimum Gasteiger partial charge on any atom is -0.457 e. The average Bonchev–Trinajstić information content (AvgIpc) is 3.33. The number of esters is 2. The summed E-state index contributed by atoms with van der Waals surface area (Å²) < 4.78 is 18.3. The summed E-state index contributed by atoms with van der Waals surface area (Å²) >= 11 is 0. The van der Waals surface area contributed by atoms with Gasteiger partial charge in [-0.15, -0.1) is 0 Å². The van der Waals surface area contributed by atoms with Gasteiger partial charge in [0.15, 0.2) is 0 Å². The number of nitrogens with zero attached hydrogens (tertiary/aromatic N) is 2. The summed E-state index contributed by atoms with van der Waals surface area (Å²) in [5, 5.41) is 4.96. The Morgan fingerprint density at radius 1 is 1.09 bits per heavy atom. The van der Waals surface area contributed by atoms with Gasteiger partial charge in [-0.3, -0.25) is 9.59 Å². The molecule has 10 nitrogen and oxygen atoms in total. The van der Waals surface area contributed by atoms with Crippen molar-refractivity contribution < 1.29 is 28.6 Å². The van der Waals surface area contributed by atoms with Gasteiger partial charge in [-0.25, -0.2) is 14.6 Å². The van der Waals surface area contributed by atoms with Gasteiger partial charge in [-0.05, 0) is 60.9 Å². The number of aromatic nitrogens is 2. The van der Waals surface area contributed by atoms with Crippen molar-refractivity contribution in [2.75, 3.05) is 6.54 Å². The highest BCUT2D eigenvalue weighted by Gasteiger charge is 2.50. The van der Waals surface area contributed by atoms with Gasteiger partial charge in [0.25, 0.3) is 5.56 Å². The predicted molar refractivity (Wildman–Crippen MR) is 183 cm³/mol. The van der Waals surface area contributed by atoms with Gasteiger partial charge >= 0.3 is 18.0 Å². The number of para-hydroxylation sites is 1. The maximum atomic E-state index is 14.2. The molecule has 0 radical (unpaired) electrons. The first-order chi connectivity index (χ1) is 21.9. The van der Waals surface area contributed by atoms with Crippen LogP contribution in [-0.4, -0.2) is 47.8 Å². The van der Waals surface area contributed by atoms with E-state index < -0.39 is 37.3 Å². The summed E-state index contributed by atoms with van der Waals surface area (Å²) in [6.07, 6.45) is 0.268. The van der Waals surface area contributed by atoms with Gasteiger partial charge in [0.2, 0.25) is 5.60 Å². The van der Waals surface area contributed by atoms with E-state index in [1.165, 1.54) is 5.19 Å². The first-order valence-corrected chi connectivity index (χ1v) is 19.6. The van der Waals surface area contributed by atoms with Crippen molar-refractivity contribution in [3.8, 4) is 11.4 Å². The summed E-state index contributed by atoms with van der Waals surface area (Å²) in [5.74, 6) is -1.45. The summed E-state index contributed by atoms with van der Waals surface area (Å²) in [6, 6.07) is 11.0. The van der Waals surface area contributed by atoms with Crippen LogP contribution in [0, 0.1) is 5.41 Å². The number of nitrogens with one attached hydrogen (secondary N) is 1. The van der Waals surface area contributed by atoms with Gasteiger partial charge in [0, 0.05) is 12.1 Å². The molecule has 2 aromatic heterocycles. The van der Waals surface area contributed by atoms with Crippen LogP contribution in [0.2, 0.25) is 19.1 Å². The smallest absolute Gasteiger partial charge is 0.407 e. The third-order valence-corrected chi connectivity index (χ3v) is 12.4. The molecule has 1 N–H and O–H groups in total. The number of fused-ring (bicyclic) bond motifs is 5. The molecule has 1 unspecified atom stereocenters. The van der Waals surface area contributed by atoms with E-state index in [0.29, 0.717) is 17.8 Å². The molecular weight excluding hydrogens is 614 g/mol. The van der Waals surface area contributed by atoms with Gasteiger partial charge < -0.3 is 24.1 Å². The lowest BCUT2D eigenvalue weighted by Gasteiger charge is -2.35. The Kier molecular flexibility index (Phi) is 8.93. The molecule has 1 aromatic carbocycles. The Morgan fingerprint density at radius 2 is 1.79 bits per heavy atom. The van der Waals surface area contributed by atoms with Gasteiger partial charge in [0.1, 0.15) is 12.2 Å². The van der Waals surface area contributed by atoms with Crippen LogP contribution in [0.15, 0.2) is 35.1 Å². The van der Waals surface area contributed by atoms with Gasteiger partial charge in [-0.2, -0.15) is 0 Å². The standard InChI is InChI=1S/C36H47N3O7Si/c1-10-36(45-28(40)15-17-37-33(43)46-35(5,6)7)25-19-27-29-23(20-39(27)31(41)24(25)21-44-32(36)42)30(22-13-11-12-14-26(22)38-29)47(8,9)18-16-34(2,3)4/h11-14,19H,10,15-18,20-21H2,1-9H3,(H,37,43). The van der Waals surface area contributed by atoms with E-state index in [9.17, 15) is 19.2 Å². The highest BCUT2D eigenvalue weighted by atomic mass is 28.3. The molecule has 1 amide bonds. The Labute approximate surface area is 277 Å². The zero-order valence-corrected chi connectivity index (χ0v) is 30.1. The van der Waals surface area contributed by atoms with Crippen molar-refractivity contribution in [2.45, 2.75) is 111 Å². The summed E-state index contributed by atoms with van der Waals surface area (Å²) in [5.41, 5.74) is 1.27. The number of hydrogen-bond acceptors (Lipinski definition) is 8. The molecule has 47 heavy (non-hydrogen) atoms. The number of carbonyl (C=O) groups excluding carboxylic acids is 3. The maximum Gasteiger partial charge on any atom is 0.407 e. The third-order valence-electron chi connectivity index (χ3n) is 9.02. The quantitative estimate of drug-likeness (QED) is 0.141. The normalized spacial score (nSPS) is 17.4. The van der Waals surface area contributed by atoms with E-state index in [2.05, 4.69) is 45.2 Å². The largest absolute Gasteiger partial charge is 0.457 e. The van der Waals surface area contributed by atoms with Gasteiger partial charge in [-0.1, -0.05) is 71.5 Å². The number of carbonyl (C=O) groups is 3. The second-order valence-corrected chi connectivity index (χ2v) is 20.3. The summed E-state index contributed by atoms with van der Waals surface area (Å²) in [6.45, 7) is 18.6. The first kappa shape index (κ1) is 34.3. The van der Waals surface area contributed by atoms with E-state index in [1.807, 2.05) is 18.2 Å². The zero-order valence-electron chi connectivity index (χ0n) is 29.1. The van der Waals surface area contributed by atoms with Crippen LogP contribution in [0.5, 0.6) is 0 Å². The molecule has 0 bridgehead atoms. The lowest BCUT2D eigenvalue weighted by atomic mass is 9.85. The Balaban J connectivity index is 1.56. The van der Waals surface area contributed by atoms with Crippen LogP contribution in [0.4, 0.5) is 4.79 Å². The fourth-order valence-electron chi connectivity index (χ4n) is 6.60. The van der Waals surface area contributed by atoms with Crippen molar-refractivity contribution in [1.82, 2.24) is 14.9 Å². The van der Waals surface area contributed by atoms with Crippen LogP contribution < -0.4 is 16.1 Å². The Bertz CT molecular complexity index is 1820. The minimum atomic E-state index is -2.04. The molecule has 0 spiro atoms. The van der Waals surface area contributed by atoms with Crippen molar-refractivity contribution >= 4 is 42.2 Å². The van der Waals surface area contributed by atoms with Crippen molar-refractivity contribution in [3.63, 3.8) is 0 Å². The molecule has 11 heteroatoms. The van der Waals surface area contributed by atoms with Crippen LogP contribution in [0.3, 0.4) is 0 Å². The molecule has 0 fully saturated rings. The molecule has 0 saturated heterocycles. The highest BCUT2D eigenvalue weighted by molar-refractivity contribution is 6.91. The Morgan fingerprint density at radius 3 is 2.45 bits per heavy atom. The number of pyridine rings is 2.